The van der Waals surface area contributed by atoms with Crippen LogP contribution in [0.5, 0.6) is 0 Å². The highest BCUT2D eigenvalue weighted by Crippen LogP contribution is 2.39. The topological polar surface area (TPSA) is 202 Å². The number of ether oxygens (including phenoxy) is 3. The van der Waals surface area contributed by atoms with E-state index in [1.165, 1.54) is 4.90 Å². The van der Waals surface area contributed by atoms with E-state index in [2.05, 4.69) is 38.3 Å². The summed E-state index contributed by atoms with van der Waals surface area (Å²) in [5, 5.41) is 16.2. The summed E-state index contributed by atoms with van der Waals surface area (Å²) < 4.78 is 16.8. The molecule has 5 amide bonds. The van der Waals surface area contributed by atoms with Gasteiger partial charge in [-0.05, 0) is 55.7 Å². The second-order valence-electron chi connectivity index (χ2n) is 13.7. The fourth-order valence-electron chi connectivity index (χ4n) is 6.92. The number of carbonyl (C=O) groups is 5. The summed E-state index contributed by atoms with van der Waals surface area (Å²) in [6.45, 7) is 7.81. The molecule has 310 valence electrons. The number of carbonyl (C=O) groups excluding carboxylic acids is 5. The molecule has 1 aromatic carbocycles. The molecule has 16 nitrogen and oxygen atoms in total. The molecule has 57 heavy (non-hydrogen) atoms. The van der Waals surface area contributed by atoms with Crippen LogP contribution in [-0.2, 0) is 46.4 Å². The van der Waals surface area contributed by atoms with Gasteiger partial charge in [-0.1, -0.05) is 44.7 Å². The van der Waals surface area contributed by atoms with Crippen molar-refractivity contribution in [2.45, 2.75) is 70.9 Å². The minimum atomic E-state index is -0.788. The van der Waals surface area contributed by atoms with E-state index < -0.39 is 17.4 Å². The zero-order valence-corrected chi connectivity index (χ0v) is 33.5. The van der Waals surface area contributed by atoms with Crippen LogP contribution >= 0.6 is 11.8 Å². The standard InChI is InChI=1S/C40H56N8O8S/c1-3-9-34(37(51)43-27-49)48-26-32-31(38(48)52)11-8-12-33(32)47-36(50)25-42-16-18-54-19-20-55-21-22-56-28-44-39(53)40(14-5-4-6-15-40)24-30-10-7-13-35(46-30)45-29-57-23-17-41-2/h7-8,10-13,17,23,27,34,42H,2-6,9,14-16,18-22,24-26,28-29H2,1H3,(H,44,53)(H,45,46)(H,47,50)(H,43,49,51)/b23-17-. The zero-order valence-electron chi connectivity index (χ0n) is 32.7. The number of benzene rings is 1. The van der Waals surface area contributed by atoms with E-state index in [0.29, 0.717) is 87.9 Å². The lowest BCUT2D eigenvalue weighted by Gasteiger charge is -2.35. The summed E-state index contributed by atoms with van der Waals surface area (Å²) in [6, 6.07) is 10.1. The number of rotatable bonds is 27. The summed E-state index contributed by atoms with van der Waals surface area (Å²) in [4.78, 5) is 72.4. The molecule has 2 aromatic rings. The highest BCUT2D eigenvalue weighted by molar-refractivity contribution is 8.02. The average molecular weight is 809 g/mol. The maximum atomic E-state index is 13.5. The van der Waals surface area contributed by atoms with Crippen molar-refractivity contribution in [2.24, 2.45) is 10.4 Å². The number of hydrogen-bond donors (Lipinski definition) is 5. The molecular formula is C40H56N8O8S. The molecule has 0 radical (unpaired) electrons. The van der Waals surface area contributed by atoms with Crippen molar-refractivity contribution in [3.05, 3.63) is 64.8 Å². The zero-order chi connectivity index (χ0) is 40.7. The first-order valence-electron chi connectivity index (χ1n) is 19.4. The first kappa shape index (κ1) is 45.0. The molecule has 1 unspecified atom stereocenters. The molecule has 0 bridgehead atoms. The van der Waals surface area contributed by atoms with Crippen molar-refractivity contribution in [2.75, 3.05) is 69.4 Å². The van der Waals surface area contributed by atoms with E-state index in [9.17, 15) is 24.0 Å². The number of imide groups is 1. The van der Waals surface area contributed by atoms with Gasteiger partial charge in [0, 0.05) is 48.2 Å². The number of thioether (sulfide) groups is 1. The van der Waals surface area contributed by atoms with Gasteiger partial charge in [0.05, 0.1) is 50.9 Å². The van der Waals surface area contributed by atoms with Crippen LogP contribution in [0.4, 0.5) is 11.5 Å². The van der Waals surface area contributed by atoms with Crippen LogP contribution in [0.2, 0.25) is 0 Å². The van der Waals surface area contributed by atoms with Crippen LogP contribution in [0.3, 0.4) is 0 Å². The Kier molecular flexibility index (Phi) is 19.6. The SMILES string of the molecule is C=N/C=C\SCNc1cccc(CC2(C(=O)NCOCCOCCOCCNCC(=O)Nc3cccc4c3CN(C(CCC)C(=O)NC=O)C4=O)CCCCC2)n1. The van der Waals surface area contributed by atoms with Crippen molar-refractivity contribution in [1.29, 1.82) is 0 Å². The molecule has 2 aliphatic rings. The summed E-state index contributed by atoms with van der Waals surface area (Å²) in [7, 11) is 0. The Morgan fingerprint density at radius 1 is 1.04 bits per heavy atom. The summed E-state index contributed by atoms with van der Waals surface area (Å²) in [5.74, 6) is 0.264. The second-order valence-corrected chi connectivity index (χ2v) is 14.6. The third kappa shape index (κ3) is 14.3. The highest BCUT2D eigenvalue weighted by atomic mass is 32.2. The maximum Gasteiger partial charge on any atom is 0.255 e. The van der Waals surface area contributed by atoms with E-state index in [0.717, 1.165) is 43.6 Å². The lowest BCUT2D eigenvalue weighted by molar-refractivity contribution is -0.135. The van der Waals surface area contributed by atoms with E-state index >= 15 is 0 Å². The van der Waals surface area contributed by atoms with E-state index in [4.69, 9.17) is 19.2 Å². The van der Waals surface area contributed by atoms with Gasteiger partial charge in [0.2, 0.25) is 24.1 Å². The van der Waals surface area contributed by atoms with Gasteiger partial charge in [0.1, 0.15) is 18.6 Å². The predicted octanol–water partition coefficient (Wildman–Crippen LogP) is 3.60. The van der Waals surface area contributed by atoms with Crippen molar-refractivity contribution >= 4 is 60.0 Å². The number of nitrogens with zero attached hydrogens (tertiary/aromatic N) is 3. The Morgan fingerprint density at radius 3 is 2.54 bits per heavy atom. The van der Waals surface area contributed by atoms with Crippen molar-refractivity contribution < 1.29 is 38.2 Å². The van der Waals surface area contributed by atoms with Gasteiger partial charge in [-0.15, -0.1) is 11.8 Å². The molecule has 4 rings (SSSR count). The number of anilines is 2. The van der Waals surface area contributed by atoms with E-state index in [1.807, 2.05) is 30.5 Å². The van der Waals surface area contributed by atoms with Crippen LogP contribution in [0.1, 0.15) is 73.5 Å². The number of aliphatic imine (C=N–C) groups is 1. The van der Waals surface area contributed by atoms with Gasteiger partial charge in [0.25, 0.3) is 5.91 Å². The second kappa shape index (κ2) is 24.8. The molecule has 17 heteroatoms. The van der Waals surface area contributed by atoms with Gasteiger partial charge in [0.15, 0.2) is 0 Å². The summed E-state index contributed by atoms with van der Waals surface area (Å²) in [6.07, 6.45) is 8.31. The van der Waals surface area contributed by atoms with Gasteiger partial charge in [-0.25, -0.2) is 4.98 Å². The molecule has 1 aliphatic heterocycles. The Balaban J connectivity index is 1.05. The highest BCUT2D eigenvalue weighted by Gasteiger charge is 2.40. The largest absolute Gasteiger partial charge is 0.378 e. The maximum absolute atomic E-state index is 13.5. The van der Waals surface area contributed by atoms with Crippen molar-refractivity contribution in [3.63, 3.8) is 0 Å². The van der Waals surface area contributed by atoms with Crippen LogP contribution in [0.15, 0.2) is 53.0 Å². The first-order valence-corrected chi connectivity index (χ1v) is 20.5. The fraction of sp³-hybridized carbons (Fsp3) is 0.525. The van der Waals surface area contributed by atoms with Crippen LogP contribution in [-0.4, -0.2) is 111 Å². The lowest BCUT2D eigenvalue weighted by atomic mass is 9.70. The van der Waals surface area contributed by atoms with E-state index in [1.54, 1.807) is 36.2 Å². The average Bonchev–Trinajstić information content (AvgIpc) is 3.55. The molecule has 0 spiro atoms. The number of pyridine rings is 1. The Labute approximate surface area is 338 Å². The van der Waals surface area contributed by atoms with Crippen LogP contribution < -0.4 is 26.6 Å². The third-order valence-corrected chi connectivity index (χ3v) is 10.3. The van der Waals surface area contributed by atoms with E-state index in [-0.39, 0.29) is 37.5 Å². The molecule has 1 aliphatic carbocycles. The first-order chi connectivity index (χ1) is 27.8. The molecule has 5 N–H and O–H groups in total. The molecule has 1 saturated carbocycles. The number of nitrogens with one attached hydrogen (secondary N) is 5. The molecule has 1 atom stereocenters. The lowest BCUT2D eigenvalue weighted by Crippen LogP contribution is -2.46. The Hall–Kier alpha value is -4.68. The Morgan fingerprint density at radius 2 is 1.79 bits per heavy atom. The third-order valence-electron chi connectivity index (χ3n) is 9.72. The van der Waals surface area contributed by atoms with Crippen LogP contribution in [0, 0.1) is 5.41 Å². The van der Waals surface area contributed by atoms with Gasteiger partial charge < -0.3 is 40.4 Å². The van der Waals surface area contributed by atoms with Crippen molar-refractivity contribution in [3.8, 4) is 0 Å². The number of aromatic nitrogens is 1. The smallest absolute Gasteiger partial charge is 0.255 e. The normalized spacial score (nSPS) is 15.2. The molecule has 1 aromatic heterocycles. The summed E-state index contributed by atoms with van der Waals surface area (Å²) >= 11 is 1.55. The quantitative estimate of drug-likeness (QED) is 0.0381. The van der Waals surface area contributed by atoms with Gasteiger partial charge in [-0.3, -0.25) is 34.3 Å². The number of fused-ring (bicyclic) bond motifs is 1. The number of amides is 5. The number of hydrogen-bond acceptors (Lipinski definition) is 13. The van der Waals surface area contributed by atoms with Crippen LogP contribution in [0.25, 0.3) is 0 Å². The Bertz CT molecular complexity index is 1670. The van der Waals surface area contributed by atoms with Gasteiger partial charge >= 0.3 is 0 Å². The predicted molar refractivity (Wildman–Crippen MR) is 220 cm³/mol. The molecule has 0 saturated heterocycles. The van der Waals surface area contributed by atoms with Gasteiger partial charge in [-0.2, -0.15) is 0 Å². The monoisotopic (exact) mass is 808 g/mol. The fourth-order valence-corrected chi connectivity index (χ4v) is 7.42. The minimum Gasteiger partial charge on any atom is -0.378 e. The van der Waals surface area contributed by atoms with Crippen molar-refractivity contribution in [1.82, 2.24) is 25.8 Å². The molecular weight excluding hydrogens is 753 g/mol. The molecule has 2 heterocycles. The minimum absolute atomic E-state index is 0.00688. The molecule has 1 fully saturated rings. The summed E-state index contributed by atoms with van der Waals surface area (Å²) in [5.41, 5.74) is 1.91.